The van der Waals surface area contributed by atoms with Gasteiger partial charge in [-0.2, -0.15) is 0 Å². The van der Waals surface area contributed by atoms with Crippen molar-refractivity contribution in [1.29, 1.82) is 0 Å². The highest BCUT2D eigenvalue weighted by atomic mass is 35.5. The van der Waals surface area contributed by atoms with Gasteiger partial charge >= 0.3 is 0 Å². The molecule has 0 aromatic heterocycles. The van der Waals surface area contributed by atoms with Crippen molar-refractivity contribution in [2.45, 2.75) is 52.1 Å². The molecule has 0 aliphatic heterocycles. The zero-order valence-electron chi connectivity index (χ0n) is 16.1. The van der Waals surface area contributed by atoms with Crippen LogP contribution in [0, 0.1) is 11.8 Å². The maximum absolute atomic E-state index is 12.6. The molecule has 1 saturated carbocycles. The van der Waals surface area contributed by atoms with Gasteiger partial charge < -0.3 is 15.5 Å². The van der Waals surface area contributed by atoms with Gasteiger partial charge in [0.15, 0.2) is 12.6 Å². The lowest BCUT2D eigenvalue weighted by Gasteiger charge is -2.35. The van der Waals surface area contributed by atoms with Gasteiger partial charge in [-0.15, -0.1) is 0 Å². The van der Waals surface area contributed by atoms with E-state index in [1.165, 1.54) is 6.42 Å². The van der Waals surface area contributed by atoms with E-state index in [0.717, 1.165) is 17.7 Å². The summed E-state index contributed by atoms with van der Waals surface area (Å²) in [7, 11) is 1.87. The monoisotopic (exact) mass is 380 g/mol. The molecule has 6 heteroatoms. The van der Waals surface area contributed by atoms with Gasteiger partial charge in [0.05, 0.1) is 7.05 Å². The van der Waals surface area contributed by atoms with Gasteiger partial charge in [-0.1, -0.05) is 38.3 Å². The zero-order chi connectivity index (χ0) is 19.3. The minimum atomic E-state index is -0.282. The highest BCUT2D eigenvalue weighted by molar-refractivity contribution is 6.30. The van der Waals surface area contributed by atoms with E-state index in [2.05, 4.69) is 24.5 Å². The maximum atomic E-state index is 12.6. The first-order valence-corrected chi connectivity index (χ1v) is 9.83. The highest BCUT2D eigenvalue weighted by Gasteiger charge is 2.31. The van der Waals surface area contributed by atoms with Gasteiger partial charge in [-0.3, -0.25) is 9.59 Å². The van der Waals surface area contributed by atoms with Crippen molar-refractivity contribution in [1.82, 2.24) is 5.32 Å². The summed E-state index contributed by atoms with van der Waals surface area (Å²) in [6.45, 7) is 6.57. The van der Waals surface area contributed by atoms with Gasteiger partial charge in [-0.05, 0) is 49.4 Å². The van der Waals surface area contributed by atoms with Crippen LogP contribution in [0.3, 0.4) is 0 Å². The van der Waals surface area contributed by atoms with Crippen LogP contribution in [0.15, 0.2) is 24.3 Å². The molecule has 2 rings (SSSR count). The number of hydrogen-bond donors (Lipinski definition) is 3. The molecule has 1 aromatic rings. The van der Waals surface area contributed by atoms with Gasteiger partial charge in [0.25, 0.3) is 11.8 Å². The van der Waals surface area contributed by atoms with E-state index in [-0.39, 0.29) is 30.4 Å². The second kappa shape index (κ2) is 9.38. The van der Waals surface area contributed by atoms with Crippen molar-refractivity contribution < 1.29 is 14.5 Å². The number of rotatable bonds is 6. The van der Waals surface area contributed by atoms with Crippen LogP contribution in [0.4, 0.5) is 5.69 Å². The first kappa shape index (κ1) is 20.7. The summed E-state index contributed by atoms with van der Waals surface area (Å²) in [6, 6.07) is 6.95. The number of halogens is 1. The molecule has 0 radical (unpaired) electrons. The van der Waals surface area contributed by atoms with E-state index < -0.39 is 0 Å². The molecule has 144 valence electrons. The minimum absolute atomic E-state index is 0.0211. The number of quaternary nitrogens is 1. The summed E-state index contributed by atoms with van der Waals surface area (Å²) in [5, 5.41) is 6.67. The Morgan fingerprint density at radius 2 is 1.88 bits per heavy atom. The molecule has 5 atom stereocenters. The van der Waals surface area contributed by atoms with E-state index in [4.69, 9.17) is 11.6 Å². The number of likely N-dealkylation sites (N-methyl/N-ethyl adjacent to an activating group) is 1. The number of carbonyl (C=O) groups excluding carboxylic acids is 2. The average Bonchev–Trinajstić information content (AvgIpc) is 2.60. The fourth-order valence-electron chi connectivity index (χ4n) is 3.46. The first-order valence-electron chi connectivity index (χ1n) is 9.46. The summed E-state index contributed by atoms with van der Waals surface area (Å²) in [5.74, 6) is 1.03. The Hall–Kier alpha value is -1.59. The normalized spacial score (nSPS) is 25.2. The molecule has 1 aliphatic carbocycles. The summed E-state index contributed by atoms with van der Waals surface area (Å²) in [5.41, 5.74) is 0.703. The van der Waals surface area contributed by atoms with E-state index in [1.807, 2.05) is 14.0 Å². The smallest absolute Gasteiger partial charge is 0.279 e. The topological polar surface area (TPSA) is 62.6 Å². The first-order chi connectivity index (χ1) is 12.3. The molecule has 0 spiro atoms. The molecular weight excluding hydrogens is 350 g/mol. The molecular formula is C20H31ClN3O2+. The number of benzene rings is 1. The summed E-state index contributed by atoms with van der Waals surface area (Å²) >= 11 is 5.85. The predicted octanol–water partition coefficient (Wildman–Crippen LogP) is 2.12. The van der Waals surface area contributed by atoms with Gasteiger partial charge in [0, 0.05) is 16.8 Å². The maximum Gasteiger partial charge on any atom is 0.279 e. The molecule has 0 heterocycles. The Labute approximate surface area is 161 Å². The van der Waals surface area contributed by atoms with Crippen molar-refractivity contribution in [3.05, 3.63) is 29.3 Å². The van der Waals surface area contributed by atoms with Crippen LogP contribution in [0.1, 0.15) is 40.0 Å². The minimum Gasteiger partial charge on any atom is -0.348 e. The van der Waals surface area contributed by atoms with E-state index in [9.17, 15) is 9.59 Å². The summed E-state index contributed by atoms with van der Waals surface area (Å²) in [6.07, 6.45) is 3.44. The van der Waals surface area contributed by atoms with Crippen molar-refractivity contribution in [2.24, 2.45) is 11.8 Å². The van der Waals surface area contributed by atoms with Crippen LogP contribution < -0.4 is 15.5 Å². The number of carbonyl (C=O) groups is 2. The molecule has 0 saturated heterocycles. The summed E-state index contributed by atoms with van der Waals surface area (Å²) < 4.78 is 0. The van der Waals surface area contributed by atoms with Crippen molar-refractivity contribution in [3.63, 3.8) is 0 Å². The molecule has 1 aromatic carbocycles. The highest BCUT2D eigenvalue weighted by Crippen LogP contribution is 2.29. The predicted molar refractivity (Wildman–Crippen MR) is 105 cm³/mol. The summed E-state index contributed by atoms with van der Waals surface area (Å²) in [4.78, 5) is 25.7. The average molecular weight is 381 g/mol. The number of nitrogens with one attached hydrogen (secondary N) is 3. The lowest BCUT2D eigenvalue weighted by atomic mass is 9.78. The molecule has 1 fully saturated rings. The van der Waals surface area contributed by atoms with Crippen LogP contribution in [-0.4, -0.2) is 37.5 Å². The standard InChI is InChI=1S/C20H30ClN3O2/c1-13-6-5-7-18(14(13)2)23-20(26)15(3)24(4)12-19(25)22-17-10-8-16(21)9-11-17/h8-11,13-15,18H,5-7,12H2,1-4H3,(H,22,25)(H,23,26)/p+1/t13-,14+,15+,18+/m0/s1. The van der Waals surface area contributed by atoms with Crippen molar-refractivity contribution in [2.75, 3.05) is 18.9 Å². The third-order valence-electron chi connectivity index (χ3n) is 5.73. The lowest BCUT2D eigenvalue weighted by Crippen LogP contribution is -3.15. The Balaban J connectivity index is 1.83. The largest absolute Gasteiger partial charge is 0.348 e. The SMILES string of the molecule is C[C@@H]1[C@@H](C)CCC[C@H]1NC(=O)[C@@H](C)[NH+](C)CC(=O)Nc1ccc(Cl)cc1. The molecule has 0 bridgehead atoms. The molecule has 26 heavy (non-hydrogen) atoms. The zero-order valence-corrected chi connectivity index (χ0v) is 16.9. The van der Waals surface area contributed by atoms with Gasteiger partial charge in [0.1, 0.15) is 0 Å². The van der Waals surface area contributed by atoms with Gasteiger partial charge in [0.2, 0.25) is 0 Å². The third kappa shape index (κ3) is 5.71. The quantitative estimate of drug-likeness (QED) is 0.707. The Kier molecular flexibility index (Phi) is 7.47. The molecule has 2 amide bonds. The van der Waals surface area contributed by atoms with Crippen molar-refractivity contribution >= 4 is 29.1 Å². The van der Waals surface area contributed by atoms with E-state index >= 15 is 0 Å². The fourth-order valence-corrected chi connectivity index (χ4v) is 3.59. The molecule has 5 nitrogen and oxygen atoms in total. The number of anilines is 1. The van der Waals surface area contributed by atoms with Crippen LogP contribution in [0.5, 0.6) is 0 Å². The fraction of sp³-hybridized carbons (Fsp3) is 0.600. The van der Waals surface area contributed by atoms with Crippen LogP contribution in [0.2, 0.25) is 5.02 Å². The van der Waals surface area contributed by atoms with Gasteiger partial charge in [-0.25, -0.2) is 0 Å². The second-order valence-corrected chi connectivity index (χ2v) is 8.12. The molecule has 3 N–H and O–H groups in total. The van der Waals surface area contributed by atoms with Crippen LogP contribution in [-0.2, 0) is 9.59 Å². The Morgan fingerprint density at radius 3 is 2.54 bits per heavy atom. The molecule has 1 unspecified atom stereocenters. The van der Waals surface area contributed by atoms with E-state index in [1.54, 1.807) is 24.3 Å². The number of amides is 2. The van der Waals surface area contributed by atoms with Crippen LogP contribution in [0.25, 0.3) is 0 Å². The number of hydrogen-bond acceptors (Lipinski definition) is 2. The third-order valence-corrected chi connectivity index (χ3v) is 5.99. The van der Waals surface area contributed by atoms with Crippen LogP contribution >= 0.6 is 11.6 Å². The molecule has 1 aliphatic rings. The van der Waals surface area contributed by atoms with Crippen molar-refractivity contribution in [3.8, 4) is 0 Å². The second-order valence-electron chi connectivity index (χ2n) is 7.68. The van der Waals surface area contributed by atoms with E-state index in [0.29, 0.717) is 22.5 Å². The Morgan fingerprint density at radius 1 is 1.23 bits per heavy atom. The lowest BCUT2D eigenvalue weighted by molar-refractivity contribution is -0.885. The Bertz CT molecular complexity index is 620.